The molecule has 0 aliphatic carbocycles. The summed E-state index contributed by atoms with van der Waals surface area (Å²) in [6.45, 7) is 8.89. The van der Waals surface area contributed by atoms with Crippen LogP contribution >= 0.6 is 0 Å². The van der Waals surface area contributed by atoms with Gasteiger partial charge >= 0.3 is 0 Å². The first-order chi connectivity index (χ1) is 13.9. The predicted octanol–water partition coefficient (Wildman–Crippen LogP) is 7.81. The van der Waals surface area contributed by atoms with E-state index in [4.69, 9.17) is 4.98 Å². The topological polar surface area (TPSA) is 12.9 Å². The van der Waals surface area contributed by atoms with Gasteiger partial charge in [-0.1, -0.05) is 93.1 Å². The van der Waals surface area contributed by atoms with Crippen LogP contribution in [0.1, 0.15) is 31.9 Å². The van der Waals surface area contributed by atoms with Crippen molar-refractivity contribution in [1.82, 2.24) is 4.98 Å². The third kappa shape index (κ3) is 2.98. The lowest BCUT2D eigenvalue weighted by atomic mass is 9.86. The van der Waals surface area contributed by atoms with E-state index >= 15 is 0 Å². The maximum atomic E-state index is 4.75. The van der Waals surface area contributed by atoms with E-state index in [1.54, 1.807) is 0 Å². The quantitative estimate of drug-likeness (QED) is 0.272. The van der Waals surface area contributed by atoms with E-state index in [0.717, 1.165) is 5.69 Å². The van der Waals surface area contributed by atoms with E-state index in [2.05, 4.69) is 100 Å². The minimum Gasteiger partial charge on any atom is -0.256 e. The van der Waals surface area contributed by atoms with Gasteiger partial charge in [0.25, 0.3) is 0 Å². The predicted molar refractivity (Wildman–Crippen MR) is 126 cm³/mol. The van der Waals surface area contributed by atoms with Crippen LogP contribution in [0.3, 0.4) is 0 Å². The maximum Gasteiger partial charge on any atom is 0.0780 e. The molecule has 0 unspecified atom stereocenters. The number of hydrogen-bond acceptors (Lipinski definition) is 1. The molecule has 0 aliphatic heterocycles. The lowest BCUT2D eigenvalue weighted by molar-refractivity contribution is 0.590. The minimum atomic E-state index is 0.153. The molecule has 1 heterocycles. The van der Waals surface area contributed by atoms with Gasteiger partial charge in [-0.25, -0.2) is 0 Å². The molecule has 1 aromatic heterocycles. The van der Waals surface area contributed by atoms with Crippen molar-refractivity contribution in [3.8, 4) is 11.3 Å². The average molecular weight is 376 g/mol. The van der Waals surface area contributed by atoms with Crippen LogP contribution in [0.5, 0.6) is 0 Å². The summed E-state index contributed by atoms with van der Waals surface area (Å²) < 4.78 is 0. The Bertz CT molecular complexity index is 1370. The summed E-state index contributed by atoms with van der Waals surface area (Å²) in [6, 6.07) is 26.7. The van der Waals surface area contributed by atoms with Crippen LogP contribution in [0.25, 0.3) is 43.6 Å². The van der Waals surface area contributed by atoms with Gasteiger partial charge in [-0.05, 0) is 50.9 Å². The summed E-state index contributed by atoms with van der Waals surface area (Å²) in [6.07, 6.45) is 1.94. The highest BCUT2D eigenvalue weighted by Crippen LogP contribution is 2.35. The molecule has 5 aromatic rings. The average Bonchev–Trinajstić information content (AvgIpc) is 2.72. The van der Waals surface area contributed by atoms with Crippen LogP contribution in [0.2, 0.25) is 0 Å². The molecule has 4 aromatic carbocycles. The molecule has 0 radical (unpaired) electrons. The van der Waals surface area contributed by atoms with Crippen LogP contribution in [-0.4, -0.2) is 4.98 Å². The number of rotatable bonds is 1. The van der Waals surface area contributed by atoms with Crippen LogP contribution in [0, 0.1) is 6.92 Å². The number of nitrogens with zero attached hydrogens (tertiary/aromatic N) is 1. The molecule has 1 nitrogen and oxygen atoms in total. The van der Waals surface area contributed by atoms with Gasteiger partial charge in [0.15, 0.2) is 0 Å². The van der Waals surface area contributed by atoms with Crippen LogP contribution in [0.15, 0.2) is 79.0 Å². The Balaban J connectivity index is 1.75. The molecular formula is C28H25N. The fourth-order valence-electron chi connectivity index (χ4n) is 4.27. The first-order valence-corrected chi connectivity index (χ1v) is 10.2. The third-order valence-corrected chi connectivity index (χ3v) is 5.94. The van der Waals surface area contributed by atoms with Crippen molar-refractivity contribution < 1.29 is 0 Å². The second-order valence-electron chi connectivity index (χ2n) is 9.03. The highest BCUT2D eigenvalue weighted by Gasteiger charge is 2.14. The Morgan fingerprint density at radius 3 is 2.00 bits per heavy atom. The first-order valence-electron chi connectivity index (χ1n) is 10.2. The van der Waals surface area contributed by atoms with E-state index in [-0.39, 0.29) is 5.41 Å². The number of pyridine rings is 1. The highest BCUT2D eigenvalue weighted by molar-refractivity contribution is 6.18. The van der Waals surface area contributed by atoms with Gasteiger partial charge in [-0.3, -0.25) is 4.98 Å². The molecule has 0 N–H and O–H groups in total. The summed E-state index contributed by atoms with van der Waals surface area (Å²) in [5.41, 5.74) is 5.00. The minimum absolute atomic E-state index is 0.153. The van der Waals surface area contributed by atoms with Gasteiger partial charge in [0.1, 0.15) is 0 Å². The smallest absolute Gasteiger partial charge is 0.0780 e. The zero-order chi connectivity index (χ0) is 20.2. The van der Waals surface area contributed by atoms with Crippen molar-refractivity contribution in [2.24, 2.45) is 0 Å². The highest BCUT2D eigenvalue weighted by atomic mass is 14.7. The van der Waals surface area contributed by atoms with E-state index < -0.39 is 0 Å². The molecular weight excluding hydrogens is 350 g/mol. The van der Waals surface area contributed by atoms with Crippen molar-refractivity contribution in [2.45, 2.75) is 33.1 Å². The van der Waals surface area contributed by atoms with Gasteiger partial charge in [-0.2, -0.15) is 0 Å². The fourth-order valence-corrected chi connectivity index (χ4v) is 4.27. The van der Waals surface area contributed by atoms with Crippen molar-refractivity contribution >= 4 is 32.3 Å². The molecule has 0 atom stereocenters. The third-order valence-electron chi connectivity index (χ3n) is 5.94. The van der Waals surface area contributed by atoms with Gasteiger partial charge in [-0.15, -0.1) is 0 Å². The van der Waals surface area contributed by atoms with Gasteiger partial charge < -0.3 is 0 Å². The Labute approximate surface area is 172 Å². The lowest BCUT2D eigenvalue weighted by Gasteiger charge is -2.19. The number of aryl methyl sites for hydroxylation is 1. The molecule has 0 saturated heterocycles. The number of aromatic nitrogens is 1. The maximum absolute atomic E-state index is 4.75. The molecule has 0 amide bonds. The van der Waals surface area contributed by atoms with Crippen molar-refractivity contribution in [3.05, 3.63) is 90.1 Å². The normalized spacial score (nSPS) is 12.1. The van der Waals surface area contributed by atoms with Gasteiger partial charge in [0, 0.05) is 17.1 Å². The zero-order valence-corrected chi connectivity index (χ0v) is 17.5. The number of fused-ring (bicyclic) bond motifs is 5. The van der Waals surface area contributed by atoms with E-state index in [1.807, 2.05) is 6.20 Å². The molecule has 0 saturated carbocycles. The van der Waals surface area contributed by atoms with Gasteiger partial charge in [0.2, 0.25) is 0 Å². The first kappa shape index (κ1) is 17.9. The second-order valence-corrected chi connectivity index (χ2v) is 9.03. The van der Waals surface area contributed by atoms with Crippen molar-refractivity contribution in [1.29, 1.82) is 0 Å². The fraction of sp³-hybridized carbons (Fsp3) is 0.179. The van der Waals surface area contributed by atoms with E-state index in [1.165, 1.54) is 49.0 Å². The molecule has 1 heteroatoms. The second kappa shape index (κ2) is 6.42. The largest absolute Gasteiger partial charge is 0.256 e. The molecule has 29 heavy (non-hydrogen) atoms. The molecule has 0 fully saturated rings. The molecule has 0 bridgehead atoms. The number of hydrogen-bond donors (Lipinski definition) is 0. The summed E-state index contributed by atoms with van der Waals surface area (Å²) in [7, 11) is 0. The zero-order valence-electron chi connectivity index (χ0n) is 17.5. The summed E-state index contributed by atoms with van der Waals surface area (Å²) in [4.78, 5) is 4.75. The Morgan fingerprint density at radius 2 is 1.24 bits per heavy atom. The molecule has 142 valence electrons. The molecule has 5 rings (SSSR count). The lowest BCUT2D eigenvalue weighted by Crippen LogP contribution is -2.10. The van der Waals surface area contributed by atoms with Gasteiger partial charge in [0.05, 0.1) is 5.69 Å². The Hall–Kier alpha value is -3.19. The van der Waals surface area contributed by atoms with Crippen molar-refractivity contribution in [3.63, 3.8) is 0 Å². The summed E-state index contributed by atoms with van der Waals surface area (Å²) in [5, 5.41) is 7.66. The van der Waals surface area contributed by atoms with E-state index in [9.17, 15) is 0 Å². The number of benzene rings is 4. The van der Waals surface area contributed by atoms with Crippen LogP contribution in [-0.2, 0) is 5.41 Å². The molecule has 0 aliphatic rings. The Kier molecular flexibility index (Phi) is 3.96. The molecule has 0 spiro atoms. The van der Waals surface area contributed by atoms with Crippen LogP contribution < -0.4 is 0 Å². The van der Waals surface area contributed by atoms with Crippen molar-refractivity contribution in [2.75, 3.05) is 0 Å². The standard InChI is InChI=1S/C28H25N/c1-18-5-6-19-9-12-22-23(26(19)17-18)13-14-25-24(22)15-16-29-27(25)20-7-10-21(11-8-20)28(2,3)4/h5-17H,1-4H3. The summed E-state index contributed by atoms with van der Waals surface area (Å²) >= 11 is 0. The monoisotopic (exact) mass is 375 g/mol. The summed E-state index contributed by atoms with van der Waals surface area (Å²) in [5.74, 6) is 0. The van der Waals surface area contributed by atoms with E-state index in [0.29, 0.717) is 0 Å². The van der Waals surface area contributed by atoms with Crippen LogP contribution in [0.4, 0.5) is 0 Å². The SMILES string of the molecule is Cc1ccc2ccc3c4ccnc(-c5ccc(C(C)(C)C)cc5)c4ccc3c2c1. The Morgan fingerprint density at radius 1 is 0.621 bits per heavy atom.